The Morgan fingerprint density at radius 1 is 0.628 bits per heavy atom. The molecule has 0 radical (unpaired) electrons. The molecule has 1 heterocycles. The van der Waals surface area contributed by atoms with Crippen LogP contribution in [0.1, 0.15) is 182 Å². The zero-order valence-electron chi connectivity index (χ0n) is 55.5. The van der Waals surface area contributed by atoms with E-state index < -0.39 is 118 Å². The Balaban J connectivity index is 3.44. The van der Waals surface area contributed by atoms with E-state index in [1.165, 1.54) is 52.5 Å². The molecule has 0 bridgehead atoms. The second-order valence-electron chi connectivity index (χ2n) is 27.1. The Labute approximate surface area is 512 Å². The summed E-state index contributed by atoms with van der Waals surface area (Å²) in [5, 5.41) is 46.7. The van der Waals surface area contributed by atoms with Crippen molar-refractivity contribution in [1.82, 2.24) is 57.7 Å². The summed E-state index contributed by atoms with van der Waals surface area (Å²) in [5.41, 5.74) is -4.93. The van der Waals surface area contributed by atoms with Gasteiger partial charge in [0.15, 0.2) is 0 Å². The van der Waals surface area contributed by atoms with Gasteiger partial charge in [0.05, 0.1) is 12.2 Å². The van der Waals surface area contributed by atoms with Crippen LogP contribution in [-0.2, 0) is 52.7 Å². The summed E-state index contributed by atoms with van der Waals surface area (Å²) >= 11 is 0. The molecule has 1 aliphatic heterocycles. The molecule has 1 aliphatic rings. The van der Waals surface area contributed by atoms with E-state index in [4.69, 9.17) is 0 Å². The van der Waals surface area contributed by atoms with Crippen LogP contribution < -0.4 is 47.9 Å². The molecule has 0 unspecified atom stereocenters. The van der Waals surface area contributed by atoms with Crippen molar-refractivity contribution in [1.29, 1.82) is 0 Å². The van der Waals surface area contributed by atoms with Gasteiger partial charge in [-0.2, -0.15) is 0 Å². The fourth-order valence-electron chi connectivity index (χ4n) is 9.77. The highest BCUT2D eigenvalue weighted by atomic mass is 16.3. The van der Waals surface area contributed by atoms with Gasteiger partial charge in [-0.15, -0.1) is 0 Å². The summed E-state index contributed by atoms with van der Waals surface area (Å²) in [6.45, 7) is 31.1. The molecule has 10 amide bonds. The fraction of sp³-hybridized carbons (Fsp3) is 0.790. The molecule has 24 heteroatoms. The van der Waals surface area contributed by atoms with Crippen molar-refractivity contribution in [3.05, 3.63) is 12.2 Å². The van der Waals surface area contributed by atoms with Gasteiger partial charge in [-0.25, -0.2) is 0 Å². The number of aliphatic hydroxyl groups is 2. The van der Waals surface area contributed by atoms with Crippen LogP contribution in [0.5, 0.6) is 0 Å². The standard InChI is InChI=1S/C62H111N11O13/c1-21-38(9)23-24-49(77)73-33-40(11)31-47(73)55(82)66-46(30-39(10)29-43(75)32-42(74)22-2)53(80)68-50(51(78)37(7)8)56(83)70-61(15,16)58(85)67-44(27-35(3)4)52(79)65-45(28-36(5)6)54(81)69-62(17,18)59(86)71-60(13,14)57(84)63-26-25-48(76)64-41(12)34-72(19)20/h23-24,35-41,43-47,50-51,75,78H,21-22,25-34H2,1-20H3,(H,63,84)(H,64,76)(H,65,79)(H,66,82)(H,67,85)(H,68,80)(H,69,81)(H,70,83)(H,71,86)/t38-,39-,40+,41+,43+,44+,45+,46+,47+,50+,51-/m1/s1. The number of likely N-dealkylation sites (tertiary alicyclic amines) is 1. The topological polar surface area (TPSA) is 343 Å². The van der Waals surface area contributed by atoms with Crippen LogP contribution >= 0.6 is 0 Å². The Morgan fingerprint density at radius 3 is 1.69 bits per heavy atom. The summed E-state index contributed by atoms with van der Waals surface area (Å²) in [4.78, 5) is 154. The number of likely N-dealkylation sites (N-methyl/N-ethyl adjacent to an activating group) is 1. The maximum atomic E-state index is 14.6. The van der Waals surface area contributed by atoms with Gasteiger partial charge >= 0.3 is 0 Å². The molecule has 24 nitrogen and oxygen atoms in total. The van der Waals surface area contributed by atoms with E-state index in [9.17, 15) is 63.0 Å². The van der Waals surface area contributed by atoms with Gasteiger partial charge in [-0.3, -0.25) is 52.7 Å². The normalized spacial score (nSPS) is 18.0. The Morgan fingerprint density at radius 2 is 1.15 bits per heavy atom. The van der Waals surface area contributed by atoms with Crippen molar-refractivity contribution >= 4 is 64.9 Å². The summed E-state index contributed by atoms with van der Waals surface area (Å²) in [7, 11) is 3.77. The maximum Gasteiger partial charge on any atom is 0.246 e. The summed E-state index contributed by atoms with van der Waals surface area (Å²) < 4.78 is 0. The number of hydrogen-bond donors (Lipinski definition) is 11. The molecule has 0 saturated carbocycles. The summed E-state index contributed by atoms with van der Waals surface area (Å²) in [6.07, 6.45) is 2.07. The predicted molar refractivity (Wildman–Crippen MR) is 330 cm³/mol. The van der Waals surface area contributed by atoms with Crippen molar-refractivity contribution in [3.8, 4) is 0 Å². The van der Waals surface area contributed by atoms with E-state index in [-0.39, 0.29) is 98.8 Å². The lowest BCUT2D eigenvalue weighted by atomic mass is 9.92. The SMILES string of the molecule is CCC(=O)C[C@@H](O)C[C@@H](C)C[C@H](NC(=O)[C@@H]1C[C@H](C)CN1C(=O)C=C[C@H](C)CC)C(=O)N[C@H](C(=O)NC(C)(C)C(=O)N[C@@H](CC(C)C)C(=O)N[C@@H](CC(C)C)C(=O)NC(C)(C)C(=O)NC(C)(C)C(=O)NCCC(=O)N[C@@H](C)CN(C)C)[C@H](O)C(C)C. The van der Waals surface area contributed by atoms with Crippen LogP contribution in [0, 0.1) is 35.5 Å². The molecule has 11 atom stereocenters. The number of carbonyl (C=O) groups is 11. The lowest BCUT2D eigenvalue weighted by Crippen LogP contribution is -2.66. The third-order valence-electron chi connectivity index (χ3n) is 15.1. The minimum absolute atomic E-state index is 0.00837. The fourth-order valence-corrected chi connectivity index (χ4v) is 9.77. The van der Waals surface area contributed by atoms with Crippen LogP contribution in [-0.4, -0.2) is 184 Å². The number of nitrogens with one attached hydrogen (secondary N) is 9. The van der Waals surface area contributed by atoms with E-state index in [2.05, 4.69) is 47.9 Å². The smallest absolute Gasteiger partial charge is 0.246 e. The molecule has 0 aromatic heterocycles. The average molecular weight is 1220 g/mol. The molecule has 0 spiro atoms. The highest BCUT2D eigenvalue weighted by Gasteiger charge is 2.43. The van der Waals surface area contributed by atoms with E-state index in [1.54, 1.807) is 33.8 Å². The first-order chi connectivity index (χ1) is 39.6. The molecule has 0 aromatic carbocycles. The lowest BCUT2D eigenvalue weighted by molar-refractivity contribution is -0.140. The molecule has 0 aromatic rings. The Hall–Kier alpha value is -6.01. The number of aliphatic hydroxyl groups excluding tert-OH is 2. The monoisotopic (exact) mass is 1220 g/mol. The van der Waals surface area contributed by atoms with Gasteiger partial charge in [-0.1, -0.05) is 88.7 Å². The van der Waals surface area contributed by atoms with Crippen molar-refractivity contribution in [3.63, 3.8) is 0 Å². The number of allylic oxidation sites excluding steroid dienone is 1. The zero-order chi connectivity index (χ0) is 66.4. The zero-order valence-corrected chi connectivity index (χ0v) is 55.5. The number of rotatable bonds is 37. The molecular weight excluding hydrogens is 1110 g/mol. The number of hydrogen-bond acceptors (Lipinski definition) is 14. The van der Waals surface area contributed by atoms with Crippen molar-refractivity contribution in [2.45, 2.75) is 247 Å². The summed E-state index contributed by atoms with van der Waals surface area (Å²) in [6, 6.07) is -6.61. The second kappa shape index (κ2) is 35.7. The highest BCUT2D eigenvalue weighted by molar-refractivity contribution is 6.00. The summed E-state index contributed by atoms with van der Waals surface area (Å²) in [5.74, 6) is -8.25. The first-order valence-electron chi connectivity index (χ1n) is 30.8. The first-order valence-corrected chi connectivity index (χ1v) is 30.8. The van der Waals surface area contributed by atoms with E-state index in [0.717, 1.165) is 6.42 Å². The lowest BCUT2D eigenvalue weighted by Gasteiger charge is -2.34. The molecule has 11 N–H and O–H groups in total. The van der Waals surface area contributed by atoms with Crippen LogP contribution in [0.25, 0.3) is 0 Å². The van der Waals surface area contributed by atoms with E-state index >= 15 is 0 Å². The largest absolute Gasteiger partial charge is 0.393 e. The van der Waals surface area contributed by atoms with Crippen LogP contribution in [0.2, 0.25) is 0 Å². The molecule has 492 valence electrons. The van der Waals surface area contributed by atoms with E-state index in [1.807, 2.05) is 74.4 Å². The molecule has 1 rings (SSSR count). The van der Waals surface area contributed by atoms with Crippen LogP contribution in [0.15, 0.2) is 12.2 Å². The van der Waals surface area contributed by atoms with Gasteiger partial charge in [0.2, 0.25) is 59.1 Å². The quantitative estimate of drug-likeness (QED) is 0.0398. The number of ketones is 1. The number of Topliss-reactive ketones (excluding diaryl/α,β-unsaturated/α-hetero) is 1. The van der Waals surface area contributed by atoms with Crippen molar-refractivity contribution in [2.24, 2.45) is 35.5 Å². The Kier molecular flexibility index (Phi) is 32.4. The third-order valence-corrected chi connectivity index (χ3v) is 15.1. The predicted octanol–water partition coefficient (Wildman–Crippen LogP) is 2.28. The Bertz CT molecular complexity index is 2340. The minimum atomic E-state index is -1.82. The van der Waals surface area contributed by atoms with Gasteiger partial charge in [0.1, 0.15) is 52.6 Å². The number of nitrogens with zero attached hydrogens (tertiary/aromatic N) is 2. The molecule has 86 heavy (non-hydrogen) atoms. The van der Waals surface area contributed by atoms with Crippen molar-refractivity contribution in [2.75, 3.05) is 33.7 Å². The minimum Gasteiger partial charge on any atom is -0.393 e. The van der Waals surface area contributed by atoms with Crippen molar-refractivity contribution < 1.29 is 63.0 Å². The van der Waals surface area contributed by atoms with Gasteiger partial charge < -0.3 is 67.9 Å². The maximum absolute atomic E-state index is 14.6. The van der Waals surface area contributed by atoms with Crippen LogP contribution in [0.4, 0.5) is 0 Å². The van der Waals surface area contributed by atoms with Gasteiger partial charge in [0.25, 0.3) is 0 Å². The van der Waals surface area contributed by atoms with Gasteiger partial charge in [-0.05, 0) is 136 Å². The second-order valence-corrected chi connectivity index (χ2v) is 27.1. The van der Waals surface area contributed by atoms with Gasteiger partial charge in [0, 0.05) is 44.9 Å². The average Bonchev–Trinajstić information content (AvgIpc) is 3.94. The third kappa shape index (κ3) is 27.4. The molecular formula is C62H111N11O13. The first kappa shape index (κ1) is 78.0. The number of amides is 10. The number of carbonyl (C=O) groups excluding carboxylic acids is 11. The highest BCUT2D eigenvalue weighted by Crippen LogP contribution is 2.25. The van der Waals surface area contributed by atoms with E-state index in [0.29, 0.717) is 19.5 Å². The molecule has 0 aliphatic carbocycles. The molecule has 1 saturated heterocycles. The molecule has 1 fully saturated rings. The van der Waals surface area contributed by atoms with Crippen LogP contribution in [0.3, 0.4) is 0 Å².